The standard InChI is InChI=1S/C9H7Cl2N2O/c1-6-5-12-13(14-6)9-3-2-7(10)4-8(9)11/h2-5,12H,1H2. The molecule has 0 atom stereocenters. The van der Waals surface area contributed by atoms with Crippen LogP contribution in [0.1, 0.15) is 0 Å². The summed E-state index contributed by atoms with van der Waals surface area (Å²) in [6, 6.07) is 5.13. The number of anilines is 1. The van der Waals surface area contributed by atoms with E-state index >= 15 is 0 Å². The lowest BCUT2D eigenvalue weighted by Gasteiger charge is -2.18. The molecule has 0 spiro atoms. The molecule has 1 aromatic carbocycles. The first-order valence-corrected chi connectivity index (χ1v) is 4.64. The minimum absolute atomic E-state index is 0.508. The van der Waals surface area contributed by atoms with E-state index in [1.165, 1.54) is 5.17 Å². The van der Waals surface area contributed by atoms with Crippen LogP contribution in [0.15, 0.2) is 30.2 Å². The number of hydrazine groups is 1. The van der Waals surface area contributed by atoms with Gasteiger partial charge < -0.3 is 4.84 Å². The van der Waals surface area contributed by atoms with Gasteiger partial charge in [0.25, 0.3) is 0 Å². The van der Waals surface area contributed by atoms with E-state index in [0.717, 1.165) is 0 Å². The van der Waals surface area contributed by atoms with E-state index in [1.54, 1.807) is 24.4 Å². The summed E-state index contributed by atoms with van der Waals surface area (Å²) in [6.45, 7) is 3.63. The predicted molar refractivity (Wildman–Crippen MR) is 56.6 cm³/mol. The van der Waals surface area contributed by atoms with Crippen molar-refractivity contribution in [1.82, 2.24) is 5.43 Å². The van der Waals surface area contributed by atoms with Gasteiger partial charge in [0.15, 0.2) is 5.76 Å². The van der Waals surface area contributed by atoms with Crippen LogP contribution in [0.2, 0.25) is 10.0 Å². The predicted octanol–water partition coefficient (Wildman–Crippen LogP) is 2.93. The molecule has 1 heterocycles. The summed E-state index contributed by atoms with van der Waals surface area (Å²) in [7, 11) is 0. The van der Waals surface area contributed by atoms with Crippen molar-refractivity contribution in [3.8, 4) is 0 Å². The Balaban J connectivity index is 2.25. The Morgan fingerprint density at radius 3 is 2.71 bits per heavy atom. The second kappa shape index (κ2) is 3.59. The third-order valence-corrected chi connectivity index (χ3v) is 2.22. The molecule has 0 fully saturated rings. The summed E-state index contributed by atoms with van der Waals surface area (Å²) in [5, 5.41) is 2.51. The van der Waals surface area contributed by atoms with Crippen molar-refractivity contribution in [2.24, 2.45) is 0 Å². The zero-order valence-corrected chi connectivity index (χ0v) is 8.64. The number of hydrogen-bond acceptors (Lipinski definition) is 3. The first-order chi connectivity index (χ1) is 6.66. The lowest BCUT2D eigenvalue weighted by Crippen LogP contribution is -2.28. The maximum atomic E-state index is 5.97. The molecule has 1 radical (unpaired) electrons. The Morgan fingerprint density at radius 2 is 2.14 bits per heavy atom. The number of allylic oxidation sites excluding steroid dienone is 1. The number of rotatable bonds is 1. The molecule has 0 unspecified atom stereocenters. The van der Waals surface area contributed by atoms with E-state index in [1.807, 2.05) is 0 Å². The van der Waals surface area contributed by atoms with Gasteiger partial charge in [-0.1, -0.05) is 23.2 Å². The highest BCUT2D eigenvalue weighted by Gasteiger charge is 2.15. The minimum Gasteiger partial charge on any atom is -0.362 e. The molecule has 14 heavy (non-hydrogen) atoms. The van der Waals surface area contributed by atoms with E-state index in [-0.39, 0.29) is 0 Å². The molecule has 0 amide bonds. The van der Waals surface area contributed by atoms with Gasteiger partial charge in [0.1, 0.15) is 5.69 Å². The van der Waals surface area contributed by atoms with Crippen LogP contribution in [0.3, 0.4) is 0 Å². The third-order valence-electron chi connectivity index (χ3n) is 1.68. The van der Waals surface area contributed by atoms with Gasteiger partial charge in [-0.3, -0.25) is 5.43 Å². The molecule has 0 aromatic heterocycles. The van der Waals surface area contributed by atoms with Crippen molar-refractivity contribution in [3.63, 3.8) is 0 Å². The lowest BCUT2D eigenvalue weighted by atomic mass is 10.3. The average molecular weight is 230 g/mol. The third kappa shape index (κ3) is 1.74. The molecule has 3 nitrogen and oxygen atoms in total. The molecular formula is C9H7Cl2N2O. The van der Waals surface area contributed by atoms with Crippen molar-refractivity contribution >= 4 is 28.9 Å². The summed E-state index contributed by atoms with van der Waals surface area (Å²) >= 11 is 11.7. The van der Waals surface area contributed by atoms with Gasteiger partial charge in [-0.2, -0.15) is 0 Å². The molecule has 0 aliphatic carbocycles. The molecule has 73 valence electrons. The highest BCUT2D eigenvalue weighted by molar-refractivity contribution is 6.36. The Morgan fingerprint density at radius 1 is 1.36 bits per heavy atom. The van der Waals surface area contributed by atoms with E-state index in [4.69, 9.17) is 28.0 Å². The quantitative estimate of drug-likeness (QED) is 0.802. The van der Waals surface area contributed by atoms with E-state index in [9.17, 15) is 0 Å². The monoisotopic (exact) mass is 229 g/mol. The first kappa shape index (κ1) is 9.49. The molecule has 0 saturated carbocycles. The van der Waals surface area contributed by atoms with Crippen LogP contribution in [-0.4, -0.2) is 0 Å². The van der Waals surface area contributed by atoms with Gasteiger partial charge in [0.2, 0.25) is 0 Å². The summed E-state index contributed by atoms with van der Waals surface area (Å²) in [6.07, 6.45) is 1.63. The van der Waals surface area contributed by atoms with Crippen LogP contribution in [0, 0.1) is 6.92 Å². The molecule has 2 rings (SSSR count). The molecule has 1 aromatic rings. The topological polar surface area (TPSA) is 24.5 Å². The van der Waals surface area contributed by atoms with Crippen molar-refractivity contribution in [1.29, 1.82) is 0 Å². The van der Waals surface area contributed by atoms with Crippen LogP contribution >= 0.6 is 23.2 Å². The largest absolute Gasteiger partial charge is 0.362 e. The minimum atomic E-state index is 0.508. The van der Waals surface area contributed by atoms with Crippen LogP contribution in [0.25, 0.3) is 0 Å². The summed E-state index contributed by atoms with van der Waals surface area (Å²) in [5.74, 6) is 0.524. The van der Waals surface area contributed by atoms with Gasteiger partial charge in [-0.15, -0.1) is 5.17 Å². The number of benzene rings is 1. The first-order valence-electron chi connectivity index (χ1n) is 3.88. The van der Waals surface area contributed by atoms with Gasteiger partial charge in [0, 0.05) is 11.9 Å². The fourth-order valence-corrected chi connectivity index (χ4v) is 1.55. The normalized spacial score (nSPS) is 14.8. The molecule has 1 aliphatic rings. The Hall–Kier alpha value is -1.06. The average Bonchev–Trinajstić information content (AvgIpc) is 2.51. The number of halogens is 2. The maximum absolute atomic E-state index is 5.97. The van der Waals surface area contributed by atoms with Crippen LogP contribution in [0.5, 0.6) is 0 Å². The van der Waals surface area contributed by atoms with Crippen molar-refractivity contribution in [3.05, 3.63) is 47.1 Å². The van der Waals surface area contributed by atoms with Crippen LogP contribution < -0.4 is 10.6 Å². The summed E-state index contributed by atoms with van der Waals surface area (Å²) in [5.41, 5.74) is 3.53. The van der Waals surface area contributed by atoms with Crippen molar-refractivity contribution in [2.45, 2.75) is 0 Å². The number of nitrogens with zero attached hydrogens (tertiary/aromatic N) is 1. The zero-order chi connectivity index (χ0) is 10.1. The molecule has 1 aliphatic heterocycles. The molecular weight excluding hydrogens is 223 g/mol. The van der Waals surface area contributed by atoms with Gasteiger partial charge in [-0.25, -0.2) is 0 Å². The summed E-state index contributed by atoms with van der Waals surface area (Å²) in [4.78, 5) is 5.21. The number of hydrogen-bond donors (Lipinski definition) is 1. The van der Waals surface area contributed by atoms with E-state index in [0.29, 0.717) is 21.5 Å². The lowest BCUT2D eigenvalue weighted by molar-refractivity contribution is 0.200. The fourth-order valence-electron chi connectivity index (χ4n) is 1.07. The second-order valence-electron chi connectivity index (χ2n) is 2.72. The fraction of sp³-hybridized carbons (Fsp3) is 0. The number of nitrogens with one attached hydrogen (secondary N) is 1. The second-order valence-corrected chi connectivity index (χ2v) is 3.56. The molecule has 0 bridgehead atoms. The van der Waals surface area contributed by atoms with Gasteiger partial charge in [0.05, 0.1) is 11.2 Å². The highest BCUT2D eigenvalue weighted by Crippen LogP contribution is 2.29. The molecule has 0 saturated heterocycles. The highest BCUT2D eigenvalue weighted by atomic mass is 35.5. The zero-order valence-electron chi connectivity index (χ0n) is 7.13. The SMILES string of the molecule is [CH2]C1=CNN(c2ccc(Cl)cc2Cl)O1. The summed E-state index contributed by atoms with van der Waals surface area (Å²) < 4.78 is 0. The molecule has 1 N–H and O–H groups in total. The van der Waals surface area contributed by atoms with Crippen molar-refractivity contribution < 1.29 is 4.84 Å². The maximum Gasteiger partial charge on any atom is 0.152 e. The van der Waals surface area contributed by atoms with E-state index < -0.39 is 0 Å². The van der Waals surface area contributed by atoms with Gasteiger partial charge in [-0.05, 0) is 18.2 Å². The van der Waals surface area contributed by atoms with Gasteiger partial charge >= 0.3 is 0 Å². The Bertz CT molecular complexity index is 392. The van der Waals surface area contributed by atoms with Crippen molar-refractivity contribution in [2.75, 3.05) is 5.17 Å². The van der Waals surface area contributed by atoms with Crippen LogP contribution in [0.4, 0.5) is 5.69 Å². The smallest absolute Gasteiger partial charge is 0.152 e. The van der Waals surface area contributed by atoms with E-state index in [2.05, 4.69) is 12.3 Å². The Kier molecular flexibility index (Phi) is 2.44. The Labute approximate surface area is 91.8 Å². The molecule has 5 heteroatoms. The van der Waals surface area contributed by atoms with Crippen LogP contribution in [-0.2, 0) is 4.84 Å².